The van der Waals surface area contributed by atoms with Crippen molar-refractivity contribution in [1.29, 1.82) is 0 Å². The third-order valence-electron chi connectivity index (χ3n) is 3.38. The van der Waals surface area contributed by atoms with Gasteiger partial charge in [0.1, 0.15) is 5.60 Å². The van der Waals surface area contributed by atoms with Crippen LogP contribution < -0.4 is 11.1 Å². The summed E-state index contributed by atoms with van der Waals surface area (Å²) in [4.78, 5) is 38.1. The molecule has 1 aromatic carbocycles. The highest BCUT2D eigenvalue weighted by molar-refractivity contribution is 6.64. The maximum atomic E-state index is 12.1. The van der Waals surface area contributed by atoms with Crippen molar-refractivity contribution in [2.24, 2.45) is 5.90 Å². The summed E-state index contributed by atoms with van der Waals surface area (Å²) in [7, 11) is 0.0207. The second kappa shape index (κ2) is 10.0. The average molecular weight is 365 g/mol. The number of rotatable bonds is 10. The first-order chi connectivity index (χ1) is 12.2. The van der Waals surface area contributed by atoms with E-state index in [0.29, 0.717) is 17.3 Å². The summed E-state index contributed by atoms with van der Waals surface area (Å²) < 4.78 is 5.29. The fourth-order valence-electron chi connectivity index (χ4n) is 2.45. The van der Waals surface area contributed by atoms with E-state index in [1.807, 2.05) is 0 Å². The van der Waals surface area contributed by atoms with Crippen LogP contribution in [0.1, 0.15) is 38.3 Å². The number of hydrogen-bond donors (Lipinski definition) is 2. The highest BCUT2D eigenvalue weighted by Gasteiger charge is 2.23. The van der Waals surface area contributed by atoms with Crippen molar-refractivity contribution in [2.45, 2.75) is 51.9 Å². The van der Waals surface area contributed by atoms with Crippen LogP contribution in [0.2, 0.25) is 0 Å². The minimum atomic E-state index is -0.642. The van der Waals surface area contributed by atoms with Crippen LogP contribution in [0.3, 0.4) is 0 Å². The molecule has 0 unspecified atom stereocenters. The fourth-order valence-corrected chi connectivity index (χ4v) is 2.45. The fraction of sp³-hybridized carbons (Fsp3) is 0.500. The molecule has 0 aromatic heterocycles. The van der Waals surface area contributed by atoms with E-state index in [1.165, 1.54) is 6.07 Å². The summed E-state index contributed by atoms with van der Waals surface area (Å²) >= 11 is 0. The molecular formula is C16H24BN3O6. The second-order valence-electron chi connectivity index (χ2n) is 6.80. The zero-order valence-electron chi connectivity index (χ0n) is 15.2. The Morgan fingerprint density at radius 2 is 2.15 bits per heavy atom. The van der Waals surface area contributed by atoms with Gasteiger partial charge in [-0.05, 0) is 44.9 Å². The van der Waals surface area contributed by atoms with E-state index in [2.05, 4.69) is 10.1 Å². The average Bonchev–Trinajstić information content (AvgIpc) is 2.51. The summed E-state index contributed by atoms with van der Waals surface area (Å²) in [5.41, 5.74) is 0.361. The van der Waals surface area contributed by atoms with Crippen molar-refractivity contribution in [3.05, 3.63) is 39.4 Å². The molecule has 3 N–H and O–H groups in total. The number of nitro benzene ring substituents is 1. The van der Waals surface area contributed by atoms with Crippen LogP contribution in [0.5, 0.6) is 0 Å². The van der Waals surface area contributed by atoms with Gasteiger partial charge in [-0.3, -0.25) is 19.7 Å². The Balaban J connectivity index is 3.01. The minimum Gasteiger partial charge on any atom is -0.460 e. The quantitative estimate of drug-likeness (QED) is 0.204. The zero-order valence-corrected chi connectivity index (χ0v) is 15.2. The number of ether oxygens (including phenoxy) is 1. The first-order valence-corrected chi connectivity index (χ1v) is 8.13. The SMILES string of the molecule is CC(C)(C)OC(=O)C[C@H](Cc1cc(CON)ccc1[N+](=O)[O-])NBC=O. The summed E-state index contributed by atoms with van der Waals surface area (Å²) in [5, 5.41) is 14.2. The Hall–Kier alpha value is -2.30. The van der Waals surface area contributed by atoms with Crippen molar-refractivity contribution in [3.8, 4) is 0 Å². The molecule has 1 atom stereocenters. The number of carbonyl (C=O) groups is 2. The summed E-state index contributed by atoms with van der Waals surface area (Å²) in [6, 6.07) is 4.03. The lowest BCUT2D eigenvalue weighted by molar-refractivity contribution is -0.385. The Morgan fingerprint density at radius 3 is 2.69 bits per heavy atom. The molecule has 10 heteroatoms. The largest absolute Gasteiger partial charge is 0.460 e. The Bertz CT molecular complexity index is 647. The number of nitrogens with zero attached hydrogens (tertiary/aromatic N) is 1. The lowest BCUT2D eigenvalue weighted by atomic mass is 9.92. The van der Waals surface area contributed by atoms with Gasteiger partial charge in [0.2, 0.25) is 0 Å². The molecule has 1 rings (SSSR count). The van der Waals surface area contributed by atoms with Gasteiger partial charge in [0.05, 0.1) is 24.1 Å². The highest BCUT2D eigenvalue weighted by atomic mass is 16.6. The van der Waals surface area contributed by atoms with E-state index < -0.39 is 22.5 Å². The maximum Gasteiger partial charge on any atom is 0.307 e. The Morgan fingerprint density at radius 1 is 1.46 bits per heavy atom. The first kappa shape index (κ1) is 21.7. The number of esters is 1. The molecule has 0 heterocycles. The van der Waals surface area contributed by atoms with Gasteiger partial charge in [-0.1, -0.05) is 0 Å². The molecule has 0 aliphatic carbocycles. The van der Waals surface area contributed by atoms with E-state index in [0.717, 1.165) is 0 Å². The van der Waals surface area contributed by atoms with E-state index >= 15 is 0 Å². The van der Waals surface area contributed by atoms with Gasteiger partial charge in [-0.25, -0.2) is 5.90 Å². The van der Waals surface area contributed by atoms with E-state index in [4.69, 9.17) is 10.6 Å². The molecule has 9 nitrogen and oxygen atoms in total. The highest BCUT2D eigenvalue weighted by Crippen LogP contribution is 2.23. The lowest BCUT2D eigenvalue weighted by Crippen LogP contribution is -2.38. The summed E-state index contributed by atoms with van der Waals surface area (Å²) in [5.74, 6) is 4.60. The smallest absolute Gasteiger partial charge is 0.307 e. The van der Waals surface area contributed by atoms with Gasteiger partial charge in [-0.2, -0.15) is 0 Å². The molecule has 0 aliphatic heterocycles. The van der Waals surface area contributed by atoms with Gasteiger partial charge >= 0.3 is 5.97 Å². The molecular weight excluding hydrogens is 341 g/mol. The van der Waals surface area contributed by atoms with Gasteiger partial charge in [-0.15, -0.1) is 0 Å². The van der Waals surface area contributed by atoms with Gasteiger partial charge < -0.3 is 14.8 Å². The predicted molar refractivity (Wildman–Crippen MR) is 97.1 cm³/mol. The molecule has 0 saturated carbocycles. The van der Waals surface area contributed by atoms with E-state index in [-0.39, 0.29) is 32.6 Å². The second-order valence-corrected chi connectivity index (χ2v) is 6.80. The molecule has 0 saturated heterocycles. The normalized spacial score (nSPS) is 12.3. The molecule has 142 valence electrons. The van der Waals surface area contributed by atoms with Crippen molar-refractivity contribution in [1.82, 2.24) is 5.23 Å². The number of nitrogens with two attached hydrogens (primary N) is 1. The Labute approximate surface area is 152 Å². The number of carbonyl (C=O) groups excluding carboxylic acids is 2. The van der Waals surface area contributed by atoms with Crippen molar-refractivity contribution in [3.63, 3.8) is 0 Å². The molecule has 0 bridgehead atoms. The summed E-state index contributed by atoms with van der Waals surface area (Å²) in [6.07, 6.45) is 0.802. The number of benzene rings is 1. The molecule has 0 amide bonds. The molecule has 0 fully saturated rings. The summed E-state index contributed by atoms with van der Waals surface area (Å²) in [6.45, 7) is 5.35. The third-order valence-corrected chi connectivity index (χ3v) is 3.38. The lowest BCUT2D eigenvalue weighted by Gasteiger charge is -2.22. The van der Waals surface area contributed by atoms with Crippen LogP contribution in [0.4, 0.5) is 5.69 Å². The first-order valence-electron chi connectivity index (χ1n) is 8.13. The van der Waals surface area contributed by atoms with Crippen LogP contribution in [0.15, 0.2) is 18.2 Å². The standard InChI is InChI=1S/C16H24BN3O6/c1-16(2,3)26-15(22)8-13(19-17-10-21)7-12-6-11(9-25-18)4-5-14(12)20(23)24/h4-6,10,13,17,19H,7-9,18H2,1-3H3/t13-/m0/s1. The number of nitro groups is 1. The van der Waals surface area contributed by atoms with E-state index in [9.17, 15) is 19.7 Å². The number of hydrogen-bond acceptors (Lipinski definition) is 8. The minimum absolute atomic E-state index is 0.0207. The van der Waals surface area contributed by atoms with Crippen LogP contribution >= 0.6 is 0 Å². The van der Waals surface area contributed by atoms with Crippen molar-refractivity contribution >= 4 is 25.3 Å². The van der Waals surface area contributed by atoms with E-state index in [1.54, 1.807) is 32.9 Å². The van der Waals surface area contributed by atoms with Crippen LogP contribution in [-0.2, 0) is 32.2 Å². The monoisotopic (exact) mass is 365 g/mol. The molecule has 26 heavy (non-hydrogen) atoms. The van der Waals surface area contributed by atoms with Gasteiger partial charge in [0.25, 0.3) is 13.1 Å². The van der Waals surface area contributed by atoms with Crippen LogP contribution in [0, 0.1) is 10.1 Å². The van der Waals surface area contributed by atoms with Crippen LogP contribution in [0.25, 0.3) is 0 Å². The van der Waals surface area contributed by atoms with Crippen LogP contribution in [-0.4, -0.2) is 36.1 Å². The third kappa shape index (κ3) is 7.73. The molecule has 1 aromatic rings. The van der Waals surface area contributed by atoms with Gasteiger partial charge in [0, 0.05) is 17.7 Å². The topological polar surface area (TPSA) is 134 Å². The maximum absolute atomic E-state index is 12.1. The van der Waals surface area contributed by atoms with Crippen molar-refractivity contribution < 1.29 is 24.1 Å². The predicted octanol–water partition coefficient (Wildman–Crippen LogP) is 0.759. The molecule has 0 spiro atoms. The molecule has 0 radical (unpaired) electrons. The molecule has 0 aliphatic rings. The van der Waals surface area contributed by atoms with Gasteiger partial charge in [0.15, 0.2) is 0 Å². The van der Waals surface area contributed by atoms with Crippen molar-refractivity contribution in [2.75, 3.05) is 0 Å². The zero-order chi connectivity index (χ0) is 19.7. The Kier molecular flexibility index (Phi) is 8.36. The number of nitrogens with one attached hydrogen (secondary N) is 1.